The van der Waals surface area contributed by atoms with Crippen LogP contribution >= 0.6 is 23.2 Å². The normalized spacial score (nSPS) is 17.4. The maximum absolute atomic E-state index is 13.6. The number of ether oxygens (including phenoxy) is 2. The van der Waals surface area contributed by atoms with Gasteiger partial charge in [-0.25, -0.2) is 9.78 Å². The lowest BCUT2D eigenvalue weighted by molar-refractivity contribution is 0.189. The molecule has 1 fully saturated rings. The van der Waals surface area contributed by atoms with Gasteiger partial charge in [0.1, 0.15) is 17.1 Å². The minimum Gasteiger partial charge on any atom is -0.495 e. The van der Waals surface area contributed by atoms with Crippen molar-refractivity contribution < 1.29 is 19.4 Å². The first kappa shape index (κ1) is 24.9. The van der Waals surface area contributed by atoms with E-state index in [4.69, 9.17) is 37.8 Å². The van der Waals surface area contributed by atoms with Crippen LogP contribution < -0.4 is 25.7 Å². The molecular weight excluding hydrogens is 497 g/mol. The third kappa shape index (κ3) is 4.68. The van der Waals surface area contributed by atoms with Crippen LogP contribution in [0.4, 0.5) is 10.7 Å². The molecule has 35 heavy (non-hydrogen) atoms. The topological polar surface area (TPSA) is 128 Å². The summed E-state index contributed by atoms with van der Waals surface area (Å²) >= 11 is 13.1. The first-order chi connectivity index (χ1) is 16.8. The van der Waals surface area contributed by atoms with Gasteiger partial charge in [-0.05, 0) is 32.3 Å². The molecule has 4 rings (SSSR count). The lowest BCUT2D eigenvalue weighted by Crippen LogP contribution is -2.43. The molecule has 3 N–H and O–H groups in total. The van der Waals surface area contributed by atoms with E-state index >= 15 is 0 Å². The van der Waals surface area contributed by atoms with Gasteiger partial charge < -0.3 is 25.2 Å². The number of nitrogens with zero attached hydrogens (tertiary/aromatic N) is 3. The molecule has 0 saturated heterocycles. The van der Waals surface area contributed by atoms with Gasteiger partial charge in [0.05, 0.1) is 35.9 Å². The Morgan fingerprint density at radius 3 is 2.43 bits per heavy atom. The van der Waals surface area contributed by atoms with Crippen LogP contribution in [0.25, 0.3) is 22.2 Å². The third-order valence-electron chi connectivity index (χ3n) is 6.13. The number of benzene rings is 1. The molecule has 0 bridgehead atoms. The van der Waals surface area contributed by atoms with Crippen LogP contribution in [-0.4, -0.2) is 52.0 Å². The van der Waals surface area contributed by atoms with E-state index in [1.54, 1.807) is 18.3 Å². The third-order valence-corrected chi connectivity index (χ3v) is 6.88. The number of aromatic nitrogens is 3. The minimum absolute atomic E-state index is 0.147. The quantitative estimate of drug-likeness (QED) is 0.417. The largest absolute Gasteiger partial charge is 0.495 e. The van der Waals surface area contributed by atoms with Crippen LogP contribution in [0.3, 0.4) is 0 Å². The number of hydrogen-bond acceptors (Lipinski definition) is 7. The summed E-state index contributed by atoms with van der Waals surface area (Å²) in [4.78, 5) is 33.6. The molecule has 186 valence electrons. The second-order valence-corrected chi connectivity index (χ2v) is 8.86. The van der Waals surface area contributed by atoms with Crippen LogP contribution in [0.1, 0.15) is 26.2 Å². The highest BCUT2D eigenvalue weighted by atomic mass is 35.5. The summed E-state index contributed by atoms with van der Waals surface area (Å²) in [7, 11) is 2.93. The molecule has 0 aliphatic heterocycles. The van der Waals surface area contributed by atoms with Crippen molar-refractivity contribution in [1.29, 1.82) is 0 Å². The molecule has 10 nitrogen and oxygen atoms in total. The average Bonchev–Trinajstić information content (AvgIpc) is 3.25. The van der Waals surface area contributed by atoms with Crippen LogP contribution in [0.5, 0.6) is 11.5 Å². The predicted molar refractivity (Wildman–Crippen MR) is 134 cm³/mol. The Morgan fingerprint density at radius 1 is 1.17 bits per heavy atom. The summed E-state index contributed by atoms with van der Waals surface area (Å²) in [5.74, 6) is 0.958. The molecule has 1 aliphatic carbocycles. The van der Waals surface area contributed by atoms with Crippen molar-refractivity contribution in [1.82, 2.24) is 19.9 Å². The molecule has 0 unspecified atom stereocenters. The van der Waals surface area contributed by atoms with Crippen molar-refractivity contribution in [3.8, 4) is 22.6 Å². The molecule has 12 heteroatoms. The minimum atomic E-state index is -1.07. The monoisotopic (exact) mass is 521 g/mol. The number of halogens is 2. The fraction of sp³-hybridized carbons (Fsp3) is 0.391. The van der Waals surface area contributed by atoms with Crippen molar-refractivity contribution in [2.24, 2.45) is 0 Å². The summed E-state index contributed by atoms with van der Waals surface area (Å²) in [5, 5.41) is 15.8. The van der Waals surface area contributed by atoms with Crippen LogP contribution in [0, 0.1) is 0 Å². The van der Waals surface area contributed by atoms with E-state index < -0.39 is 6.09 Å². The van der Waals surface area contributed by atoms with Gasteiger partial charge >= 0.3 is 6.09 Å². The molecule has 2 aromatic heterocycles. The average molecular weight is 522 g/mol. The van der Waals surface area contributed by atoms with Gasteiger partial charge in [-0.3, -0.25) is 9.36 Å². The Hall–Kier alpha value is -3.24. The Bertz CT molecular complexity index is 1320. The number of fused-ring (bicyclic) bond motifs is 1. The van der Waals surface area contributed by atoms with Crippen molar-refractivity contribution in [2.75, 3.05) is 19.5 Å². The molecular formula is C23H25Cl2N5O5. The summed E-state index contributed by atoms with van der Waals surface area (Å²) in [6.07, 6.45) is 2.92. The number of nitrogens with one attached hydrogen (secondary N) is 2. The van der Waals surface area contributed by atoms with E-state index in [2.05, 4.69) is 20.6 Å². The highest BCUT2D eigenvalue weighted by Gasteiger charge is 2.29. The fourth-order valence-corrected chi connectivity index (χ4v) is 5.16. The Balaban J connectivity index is 1.81. The van der Waals surface area contributed by atoms with E-state index in [1.807, 2.05) is 6.92 Å². The van der Waals surface area contributed by atoms with Gasteiger partial charge in [0.25, 0.3) is 5.56 Å². The van der Waals surface area contributed by atoms with E-state index in [0.29, 0.717) is 40.6 Å². The molecule has 0 radical (unpaired) electrons. The van der Waals surface area contributed by atoms with Crippen LogP contribution in [-0.2, 0) is 6.54 Å². The molecule has 1 amide bonds. The number of carboxylic acid groups (broad SMARTS) is 1. The predicted octanol–water partition coefficient (Wildman–Crippen LogP) is 4.40. The standard InChI is InChI=1S/C23H25Cl2N5O5/c1-4-30-20-11(10-26-22(29-20)27-13-6-5-7-14(13)28-23(32)33)8-12(21(30)31)17-18(24)15(34-2)9-16(35-3)19(17)25/h8-10,13-14,28H,4-7H2,1-3H3,(H,32,33)(H,26,27,29)/t13-,14+/m1/s1. The van der Waals surface area contributed by atoms with Gasteiger partial charge in [0, 0.05) is 35.8 Å². The SMILES string of the molecule is CCn1c(=O)c(-c2c(Cl)c(OC)cc(OC)c2Cl)cc2cnc(N[C@@H]3CCC[C@@H]3NC(=O)O)nc21. The Labute approximate surface area is 211 Å². The number of aryl methyl sites for hydroxylation is 1. The number of methoxy groups -OCH3 is 2. The second kappa shape index (κ2) is 10.2. The van der Waals surface area contributed by atoms with E-state index in [0.717, 1.165) is 19.3 Å². The molecule has 1 aliphatic rings. The first-order valence-corrected chi connectivity index (χ1v) is 11.8. The van der Waals surface area contributed by atoms with Crippen molar-refractivity contribution >= 4 is 46.3 Å². The number of carbonyl (C=O) groups is 1. The number of pyridine rings is 1. The van der Waals surface area contributed by atoms with E-state index in [1.165, 1.54) is 18.8 Å². The Morgan fingerprint density at radius 2 is 1.83 bits per heavy atom. The zero-order chi connectivity index (χ0) is 25.3. The molecule has 2 heterocycles. The van der Waals surface area contributed by atoms with Crippen LogP contribution in [0.15, 0.2) is 23.1 Å². The fourth-order valence-electron chi connectivity index (χ4n) is 4.45. The van der Waals surface area contributed by atoms with Gasteiger partial charge in [-0.2, -0.15) is 4.98 Å². The van der Waals surface area contributed by atoms with Crippen molar-refractivity contribution in [3.05, 3.63) is 38.7 Å². The first-order valence-electron chi connectivity index (χ1n) is 11.1. The molecule has 1 saturated carbocycles. The number of amides is 1. The van der Waals surface area contributed by atoms with Crippen LogP contribution in [0.2, 0.25) is 10.0 Å². The highest BCUT2D eigenvalue weighted by Crippen LogP contribution is 2.45. The van der Waals surface area contributed by atoms with E-state index in [9.17, 15) is 9.59 Å². The maximum atomic E-state index is 13.6. The summed E-state index contributed by atoms with van der Waals surface area (Å²) in [6.45, 7) is 2.17. The van der Waals surface area contributed by atoms with Crippen molar-refractivity contribution in [3.63, 3.8) is 0 Å². The zero-order valence-electron chi connectivity index (χ0n) is 19.4. The zero-order valence-corrected chi connectivity index (χ0v) is 20.9. The number of rotatable bonds is 7. The lowest BCUT2D eigenvalue weighted by Gasteiger charge is -2.21. The number of hydrogen-bond donors (Lipinski definition) is 3. The second-order valence-electron chi connectivity index (χ2n) is 8.10. The molecule has 3 aromatic rings. The molecule has 0 spiro atoms. The summed E-state index contributed by atoms with van der Waals surface area (Å²) < 4.78 is 12.2. The lowest BCUT2D eigenvalue weighted by atomic mass is 10.0. The van der Waals surface area contributed by atoms with Gasteiger partial charge in [-0.15, -0.1) is 0 Å². The summed E-state index contributed by atoms with van der Waals surface area (Å²) in [5.41, 5.74) is 0.656. The van der Waals surface area contributed by atoms with Crippen molar-refractivity contribution in [2.45, 2.75) is 44.8 Å². The van der Waals surface area contributed by atoms with Gasteiger partial charge in [0.15, 0.2) is 0 Å². The van der Waals surface area contributed by atoms with Gasteiger partial charge in [0.2, 0.25) is 5.95 Å². The highest BCUT2D eigenvalue weighted by molar-refractivity contribution is 6.41. The number of anilines is 1. The van der Waals surface area contributed by atoms with E-state index in [-0.39, 0.29) is 33.3 Å². The molecule has 2 atom stereocenters. The summed E-state index contributed by atoms with van der Waals surface area (Å²) in [6, 6.07) is 2.81. The smallest absolute Gasteiger partial charge is 0.404 e. The van der Waals surface area contributed by atoms with Gasteiger partial charge in [-0.1, -0.05) is 23.2 Å². The molecule has 1 aromatic carbocycles. The Kier molecular flexibility index (Phi) is 7.23. The maximum Gasteiger partial charge on any atom is 0.404 e.